The van der Waals surface area contributed by atoms with Gasteiger partial charge in [0.05, 0.1) is 18.8 Å². The van der Waals surface area contributed by atoms with E-state index in [4.69, 9.17) is 16.3 Å². The van der Waals surface area contributed by atoms with Crippen molar-refractivity contribution in [2.24, 2.45) is 0 Å². The van der Waals surface area contributed by atoms with Crippen LogP contribution in [0.2, 0.25) is 5.02 Å². The van der Waals surface area contributed by atoms with Crippen molar-refractivity contribution in [3.63, 3.8) is 0 Å². The molecule has 0 saturated heterocycles. The van der Waals surface area contributed by atoms with E-state index in [1.807, 2.05) is 38.1 Å². The number of likely N-dealkylation sites (N-methyl/N-ethyl adjacent to an activating group) is 1. The molecule has 1 aromatic carbocycles. The van der Waals surface area contributed by atoms with Gasteiger partial charge in [-0.1, -0.05) is 36.7 Å². The molecule has 3 nitrogen and oxygen atoms in total. The highest BCUT2D eigenvalue weighted by molar-refractivity contribution is 6.31. The van der Waals surface area contributed by atoms with Gasteiger partial charge in [-0.05, 0) is 32.0 Å². The molecule has 108 valence electrons. The lowest BCUT2D eigenvalue weighted by molar-refractivity contribution is -0.00885. The van der Waals surface area contributed by atoms with Crippen molar-refractivity contribution in [2.45, 2.75) is 39.5 Å². The Morgan fingerprint density at radius 3 is 2.58 bits per heavy atom. The maximum absolute atomic E-state index is 9.95. The molecule has 0 fully saturated rings. The summed E-state index contributed by atoms with van der Waals surface area (Å²) in [5.41, 5.74) is 1.09. The van der Waals surface area contributed by atoms with Crippen LogP contribution in [0.25, 0.3) is 0 Å². The third-order valence-corrected chi connectivity index (χ3v) is 3.26. The number of aliphatic hydroxyl groups is 1. The summed E-state index contributed by atoms with van der Waals surface area (Å²) < 4.78 is 5.42. The van der Waals surface area contributed by atoms with E-state index in [0.717, 1.165) is 23.7 Å². The Balaban J connectivity index is 2.47. The Kier molecular flexibility index (Phi) is 7.39. The molecule has 1 rings (SSSR count). The van der Waals surface area contributed by atoms with Crippen LogP contribution in [-0.4, -0.2) is 41.9 Å². The average molecular weight is 286 g/mol. The summed E-state index contributed by atoms with van der Waals surface area (Å²) in [6, 6.07) is 7.81. The van der Waals surface area contributed by atoms with Crippen LogP contribution in [0, 0.1) is 0 Å². The van der Waals surface area contributed by atoms with Crippen molar-refractivity contribution in [1.29, 1.82) is 0 Å². The Morgan fingerprint density at radius 1 is 1.32 bits per heavy atom. The van der Waals surface area contributed by atoms with Crippen LogP contribution in [0.1, 0.15) is 26.3 Å². The molecule has 0 radical (unpaired) electrons. The Morgan fingerprint density at radius 2 is 2.00 bits per heavy atom. The van der Waals surface area contributed by atoms with Crippen molar-refractivity contribution < 1.29 is 9.84 Å². The van der Waals surface area contributed by atoms with Gasteiger partial charge in [0.15, 0.2) is 0 Å². The summed E-state index contributed by atoms with van der Waals surface area (Å²) in [5, 5.41) is 10.7. The maximum Gasteiger partial charge on any atom is 0.0900 e. The zero-order valence-electron chi connectivity index (χ0n) is 12.0. The van der Waals surface area contributed by atoms with Crippen LogP contribution in [-0.2, 0) is 11.3 Å². The van der Waals surface area contributed by atoms with E-state index in [-0.39, 0.29) is 6.10 Å². The van der Waals surface area contributed by atoms with Gasteiger partial charge in [-0.3, -0.25) is 4.90 Å². The van der Waals surface area contributed by atoms with Crippen LogP contribution in [0.5, 0.6) is 0 Å². The topological polar surface area (TPSA) is 32.7 Å². The normalized spacial score (nSPS) is 13.2. The van der Waals surface area contributed by atoms with Gasteiger partial charge in [0.2, 0.25) is 0 Å². The Hall–Kier alpha value is -0.610. The second kappa shape index (κ2) is 8.54. The molecule has 0 spiro atoms. The molecule has 4 heteroatoms. The second-order valence-corrected chi connectivity index (χ2v) is 5.36. The fourth-order valence-electron chi connectivity index (χ4n) is 1.83. The molecule has 1 unspecified atom stereocenters. The van der Waals surface area contributed by atoms with E-state index >= 15 is 0 Å². The number of hydrogen-bond donors (Lipinski definition) is 1. The number of rotatable bonds is 8. The van der Waals surface area contributed by atoms with Gasteiger partial charge < -0.3 is 9.84 Å². The zero-order valence-corrected chi connectivity index (χ0v) is 12.7. The lowest BCUT2D eigenvalue weighted by Gasteiger charge is -2.24. The van der Waals surface area contributed by atoms with E-state index in [1.165, 1.54) is 0 Å². The smallest absolute Gasteiger partial charge is 0.0900 e. The largest absolute Gasteiger partial charge is 0.389 e. The molecule has 0 aliphatic carbocycles. The minimum Gasteiger partial charge on any atom is -0.389 e. The number of nitrogens with zero attached hydrogens (tertiary/aromatic N) is 1. The average Bonchev–Trinajstić information content (AvgIpc) is 2.38. The Labute approximate surface area is 121 Å². The van der Waals surface area contributed by atoms with Crippen LogP contribution in [0.4, 0.5) is 0 Å². The highest BCUT2D eigenvalue weighted by Gasteiger charge is 2.12. The maximum atomic E-state index is 9.95. The molecule has 0 saturated carbocycles. The minimum absolute atomic E-state index is 0.147. The first-order valence-corrected chi connectivity index (χ1v) is 7.16. The van der Waals surface area contributed by atoms with E-state index in [2.05, 4.69) is 11.8 Å². The second-order valence-electron chi connectivity index (χ2n) is 4.96. The van der Waals surface area contributed by atoms with Gasteiger partial charge >= 0.3 is 0 Å². The van der Waals surface area contributed by atoms with Crippen molar-refractivity contribution in [2.75, 3.05) is 19.7 Å². The van der Waals surface area contributed by atoms with Gasteiger partial charge in [0, 0.05) is 18.1 Å². The molecule has 0 heterocycles. The molecule has 0 aliphatic rings. The van der Waals surface area contributed by atoms with Crippen LogP contribution >= 0.6 is 11.6 Å². The third-order valence-electron chi connectivity index (χ3n) is 2.89. The lowest BCUT2D eigenvalue weighted by Crippen LogP contribution is -2.35. The highest BCUT2D eigenvalue weighted by atomic mass is 35.5. The summed E-state index contributed by atoms with van der Waals surface area (Å²) in [6.07, 6.45) is -0.321. The van der Waals surface area contributed by atoms with E-state index in [1.54, 1.807) is 0 Å². The zero-order chi connectivity index (χ0) is 14.3. The van der Waals surface area contributed by atoms with Crippen molar-refractivity contribution >= 4 is 11.6 Å². The first kappa shape index (κ1) is 16.4. The SMILES string of the molecule is CCN(Cc1ccccc1Cl)CC(O)COC(C)C. The van der Waals surface area contributed by atoms with Gasteiger partial charge in [0.25, 0.3) is 0 Å². The quantitative estimate of drug-likeness (QED) is 0.797. The van der Waals surface area contributed by atoms with Crippen molar-refractivity contribution in [3.8, 4) is 0 Å². The van der Waals surface area contributed by atoms with E-state index in [0.29, 0.717) is 13.2 Å². The van der Waals surface area contributed by atoms with Crippen LogP contribution in [0.15, 0.2) is 24.3 Å². The molecular weight excluding hydrogens is 262 g/mol. The van der Waals surface area contributed by atoms with Gasteiger partial charge in [-0.2, -0.15) is 0 Å². The molecule has 1 atom stereocenters. The van der Waals surface area contributed by atoms with Crippen LogP contribution < -0.4 is 0 Å². The molecule has 0 bridgehead atoms. The minimum atomic E-state index is -0.468. The monoisotopic (exact) mass is 285 g/mol. The number of benzene rings is 1. The summed E-state index contributed by atoms with van der Waals surface area (Å²) in [7, 11) is 0. The third kappa shape index (κ3) is 6.39. The lowest BCUT2D eigenvalue weighted by atomic mass is 10.2. The number of ether oxygens (including phenoxy) is 1. The van der Waals surface area contributed by atoms with Crippen LogP contribution in [0.3, 0.4) is 0 Å². The van der Waals surface area contributed by atoms with Crippen molar-refractivity contribution in [3.05, 3.63) is 34.9 Å². The van der Waals surface area contributed by atoms with E-state index in [9.17, 15) is 5.11 Å². The summed E-state index contributed by atoms with van der Waals surface area (Å²) in [4.78, 5) is 2.16. The highest BCUT2D eigenvalue weighted by Crippen LogP contribution is 2.17. The fourth-order valence-corrected chi connectivity index (χ4v) is 2.02. The molecule has 1 N–H and O–H groups in total. The molecule has 0 amide bonds. The fraction of sp³-hybridized carbons (Fsp3) is 0.600. The predicted octanol–water partition coefficient (Wildman–Crippen LogP) is 2.95. The molecule has 0 aromatic heterocycles. The molecule has 1 aromatic rings. The number of aliphatic hydroxyl groups excluding tert-OH is 1. The standard InChI is InChI=1S/C15H24ClNO2/c1-4-17(10-14(18)11-19-12(2)3)9-13-7-5-6-8-15(13)16/h5-8,12,14,18H,4,9-11H2,1-3H3. The van der Waals surface area contributed by atoms with Crippen molar-refractivity contribution in [1.82, 2.24) is 4.90 Å². The first-order valence-electron chi connectivity index (χ1n) is 6.78. The summed E-state index contributed by atoms with van der Waals surface area (Å²) in [6.45, 7) is 8.58. The first-order chi connectivity index (χ1) is 9.02. The van der Waals surface area contributed by atoms with Gasteiger partial charge in [-0.15, -0.1) is 0 Å². The van der Waals surface area contributed by atoms with Gasteiger partial charge in [0.1, 0.15) is 0 Å². The predicted molar refractivity (Wildman–Crippen MR) is 79.5 cm³/mol. The molecular formula is C15H24ClNO2. The number of halogens is 1. The van der Waals surface area contributed by atoms with Gasteiger partial charge in [-0.25, -0.2) is 0 Å². The molecule has 19 heavy (non-hydrogen) atoms. The molecule has 0 aliphatic heterocycles. The summed E-state index contributed by atoms with van der Waals surface area (Å²) >= 11 is 6.15. The Bertz CT molecular complexity index is 371. The summed E-state index contributed by atoms with van der Waals surface area (Å²) in [5.74, 6) is 0. The number of hydrogen-bond acceptors (Lipinski definition) is 3. The van der Waals surface area contributed by atoms with E-state index < -0.39 is 6.10 Å².